The van der Waals surface area contributed by atoms with Gasteiger partial charge in [-0.3, -0.25) is 0 Å². The molecule has 1 aromatic carbocycles. The lowest BCUT2D eigenvalue weighted by molar-refractivity contribution is 0.00755. The van der Waals surface area contributed by atoms with Gasteiger partial charge in [-0.25, -0.2) is 0 Å². The van der Waals surface area contributed by atoms with Gasteiger partial charge in [0.2, 0.25) is 0 Å². The molecule has 0 spiro atoms. The first kappa shape index (κ1) is 12.7. The van der Waals surface area contributed by atoms with Gasteiger partial charge in [0.05, 0.1) is 12.4 Å². The van der Waals surface area contributed by atoms with E-state index in [1.165, 1.54) is 4.90 Å². The second-order valence-electron chi connectivity index (χ2n) is 4.21. The Hall–Kier alpha value is -1.37. The van der Waals surface area contributed by atoms with Crippen molar-refractivity contribution in [3.05, 3.63) is 42.0 Å². The molecule has 0 radical (unpaired) electrons. The summed E-state index contributed by atoms with van der Waals surface area (Å²) in [5.41, 5.74) is 0. The van der Waals surface area contributed by atoms with E-state index >= 15 is 0 Å². The normalized spacial score (nSPS) is 19.5. The van der Waals surface area contributed by atoms with Gasteiger partial charge in [0, 0.05) is 18.0 Å². The Bertz CT molecular complexity index is 512. The second-order valence-corrected chi connectivity index (χ2v) is 5.26. The Kier molecular flexibility index (Phi) is 4.12. The van der Waals surface area contributed by atoms with Crippen LogP contribution in [-0.4, -0.2) is 29.8 Å². The molecule has 0 bridgehead atoms. The van der Waals surface area contributed by atoms with Crippen molar-refractivity contribution in [1.29, 1.82) is 0 Å². The van der Waals surface area contributed by atoms with Crippen molar-refractivity contribution in [3.63, 3.8) is 0 Å². The molecule has 0 aliphatic carbocycles. The molecule has 1 fully saturated rings. The van der Waals surface area contributed by atoms with Crippen molar-refractivity contribution in [2.45, 2.75) is 16.8 Å². The Labute approximate surface area is 115 Å². The van der Waals surface area contributed by atoms with E-state index in [1.807, 2.05) is 18.2 Å². The average molecular weight is 277 g/mol. The van der Waals surface area contributed by atoms with Gasteiger partial charge in [0.15, 0.2) is 5.82 Å². The number of ether oxygens (including phenoxy) is 1. The SMILES string of the molecule is c1ccc(SCc2noc(C3CNCCO3)n2)cc1. The van der Waals surface area contributed by atoms with E-state index in [0.717, 1.165) is 13.1 Å². The minimum absolute atomic E-state index is 0.114. The van der Waals surface area contributed by atoms with Crippen LogP contribution in [0, 0.1) is 0 Å². The molecule has 0 amide bonds. The van der Waals surface area contributed by atoms with E-state index in [2.05, 4.69) is 27.6 Å². The van der Waals surface area contributed by atoms with E-state index in [1.54, 1.807) is 11.8 Å². The molecule has 3 rings (SSSR count). The maximum atomic E-state index is 5.57. The molecule has 1 unspecified atom stereocenters. The molecule has 1 N–H and O–H groups in total. The van der Waals surface area contributed by atoms with Crippen LogP contribution in [0.4, 0.5) is 0 Å². The summed E-state index contributed by atoms with van der Waals surface area (Å²) < 4.78 is 10.8. The highest BCUT2D eigenvalue weighted by Gasteiger charge is 2.21. The van der Waals surface area contributed by atoms with E-state index in [9.17, 15) is 0 Å². The predicted octanol–water partition coefficient (Wildman–Crippen LogP) is 2.02. The van der Waals surface area contributed by atoms with Crippen molar-refractivity contribution in [3.8, 4) is 0 Å². The van der Waals surface area contributed by atoms with Crippen molar-refractivity contribution < 1.29 is 9.26 Å². The Morgan fingerprint density at radius 2 is 2.21 bits per heavy atom. The summed E-state index contributed by atoms with van der Waals surface area (Å²) in [7, 11) is 0. The lowest BCUT2D eigenvalue weighted by Gasteiger charge is -2.19. The van der Waals surface area contributed by atoms with Crippen LogP contribution in [0.2, 0.25) is 0 Å². The third kappa shape index (κ3) is 3.34. The smallest absolute Gasteiger partial charge is 0.257 e. The summed E-state index contributed by atoms with van der Waals surface area (Å²) in [6, 6.07) is 10.2. The highest BCUT2D eigenvalue weighted by atomic mass is 32.2. The number of hydrogen-bond donors (Lipinski definition) is 1. The Morgan fingerprint density at radius 1 is 1.32 bits per heavy atom. The molecular formula is C13H15N3O2S. The molecule has 2 heterocycles. The minimum atomic E-state index is -0.114. The van der Waals surface area contributed by atoms with Crippen molar-refractivity contribution in [1.82, 2.24) is 15.5 Å². The van der Waals surface area contributed by atoms with E-state index < -0.39 is 0 Å². The third-order valence-corrected chi connectivity index (χ3v) is 3.81. The van der Waals surface area contributed by atoms with Crippen LogP contribution in [0.1, 0.15) is 17.8 Å². The zero-order chi connectivity index (χ0) is 12.9. The molecule has 0 saturated carbocycles. The zero-order valence-corrected chi connectivity index (χ0v) is 11.2. The van der Waals surface area contributed by atoms with E-state index in [0.29, 0.717) is 24.1 Å². The summed E-state index contributed by atoms with van der Waals surface area (Å²) in [6.07, 6.45) is -0.114. The highest BCUT2D eigenvalue weighted by Crippen LogP contribution is 2.22. The summed E-state index contributed by atoms with van der Waals surface area (Å²) in [6.45, 7) is 2.29. The number of nitrogens with zero attached hydrogens (tertiary/aromatic N) is 2. The second kappa shape index (κ2) is 6.18. The summed E-state index contributed by atoms with van der Waals surface area (Å²) in [5.74, 6) is 1.97. The van der Waals surface area contributed by atoms with Gasteiger partial charge in [0.25, 0.3) is 5.89 Å². The fourth-order valence-electron chi connectivity index (χ4n) is 1.85. The molecular weight excluding hydrogens is 262 g/mol. The quantitative estimate of drug-likeness (QED) is 0.863. The molecule has 1 aliphatic heterocycles. The number of thioether (sulfide) groups is 1. The molecule has 100 valence electrons. The lowest BCUT2D eigenvalue weighted by atomic mass is 10.3. The van der Waals surface area contributed by atoms with Gasteiger partial charge in [-0.2, -0.15) is 4.98 Å². The Balaban J connectivity index is 1.58. The van der Waals surface area contributed by atoms with Crippen LogP contribution < -0.4 is 5.32 Å². The molecule has 19 heavy (non-hydrogen) atoms. The van der Waals surface area contributed by atoms with Gasteiger partial charge in [-0.05, 0) is 12.1 Å². The Morgan fingerprint density at radius 3 is 3.00 bits per heavy atom. The van der Waals surface area contributed by atoms with Gasteiger partial charge in [0.1, 0.15) is 6.10 Å². The molecule has 1 atom stereocenters. The van der Waals surface area contributed by atoms with Crippen LogP contribution >= 0.6 is 11.8 Å². The number of rotatable bonds is 4. The molecule has 1 aliphatic rings. The first-order chi connectivity index (χ1) is 9.42. The lowest BCUT2D eigenvalue weighted by Crippen LogP contribution is -2.33. The molecule has 2 aromatic rings. The largest absolute Gasteiger partial charge is 0.366 e. The molecule has 5 nitrogen and oxygen atoms in total. The van der Waals surface area contributed by atoms with Crippen LogP contribution in [0.25, 0.3) is 0 Å². The number of morpholine rings is 1. The van der Waals surface area contributed by atoms with Gasteiger partial charge < -0.3 is 14.6 Å². The number of benzene rings is 1. The van der Waals surface area contributed by atoms with E-state index in [4.69, 9.17) is 9.26 Å². The topological polar surface area (TPSA) is 60.2 Å². The van der Waals surface area contributed by atoms with E-state index in [-0.39, 0.29) is 6.10 Å². The molecule has 1 aromatic heterocycles. The van der Waals surface area contributed by atoms with Crippen LogP contribution in [-0.2, 0) is 10.5 Å². The fraction of sp³-hybridized carbons (Fsp3) is 0.385. The molecule has 6 heteroatoms. The first-order valence-corrected chi connectivity index (χ1v) is 7.23. The number of aromatic nitrogens is 2. The monoisotopic (exact) mass is 277 g/mol. The fourth-order valence-corrected chi connectivity index (χ4v) is 2.61. The van der Waals surface area contributed by atoms with Gasteiger partial charge >= 0.3 is 0 Å². The summed E-state index contributed by atoms with van der Waals surface area (Å²) >= 11 is 1.69. The highest BCUT2D eigenvalue weighted by molar-refractivity contribution is 7.98. The van der Waals surface area contributed by atoms with Gasteiger partial charge in [-0.1, -0.05) is 23.4 Å². The molecule has 1 saturated heterocycles. The van der Waals surface area contributed by atoms with Crippen molar-refractivity contribution >= 4 is 11.8 Å². The number of hydrogen-bond acceptors (Lipinski definition) is 6. The summed E-state index contributed by atoms with van der Waals surface area (Å²) in [4.78, 5) is 5.58. The number of nitrogens with one attached hydrogen (secondary N) is 1. The maximum Gasteiger partial charge on any atom is 0.257 e. The predicted molar refractivity (Wildman–Crippen MR) is 71.9 cm³/mol. The standard InChI is InChI=1S/C13H15N3O2S/c1-2-4-10(5-3-1)19-9-12-15-13(18-16-12)11-8-14-6-7-17-11/h1-5,11,14H,6-9H2. The van der Waals surface area contributed by atoms with Crippen LogP contribution in [0.15, 0.2) is 39.8 Å². The van der Waals surface area contributed by atoms with Gasteiger partial charge in [-0.15, -0.1) is 11.8 Å². The maximum absolute atomic E-state index is 5.57. The third-order valence-electron chi connectivity index (χ3n) is 2.80. The van der Waals surface area contributed by atoms with Crippen LogP contribution in [0.3, 0.4) is 0 Å². The first-order valence-electron chi connectivity index (χ1n) is 6.24. The van der Waals surface area contributed by atoms with Crippen molar-refractivity contribution in [2.24, 2.45) is 0 Å². The minimum Gasteiger partial charge on any atom is -0.366 e. The summed E-state index contributed by atoms with van der Waals surface area (Å²) in [5, 5.41) is 7.23. The average Bonchev–Trinajstić information content (AvgIpc) is 2.96. The van der Waals surface area contributed by atoms with Crippen LogP contribution in [0.5, 0.6) is 0 Å². The van der Waals surface area contributed by atoms with Crippen molar-refractivity contribution in [2.75, 3.05) is 19.7 Å². The zero-order valence-electron chi connectivity index (χ0n) is 10.4.